The topological polar surface area (TPSA) is 64.0 Å². The van der Waals surface area contributed by atoms with Gasteiger partial charge in [0.1, 0.15) is 0 Å². The fourth-order valence-corrected chi connectivity index (χ4v) is 3.42. The van der Waals surface area contributed by atoms with E-state index in [1.807, 2.05) is 42.7 Å². The van der Waals surface area contributed by atoms with Crippen LogP contribution in [0.5, 0.6) is 0 Å². The molecule has 1 N–H and O–H groups in total. The summed E-state index contributed by atoms with van der Waals surface area (Å²) < 4.78 is 1.42. The number of carbonyl (C=O) groups is 1. The number of rotatable bonds is 7. The normalized spacial score (nSPS) is 10.9. The molecule has 0 unspecified atom stereocenters. The Kier molecular flexibility index (Phi) is 6.29. The van der Waals surface area contributed by atoms with Gasteiger partial charge in [0.15, 0.2) is 5.69 Å². The molecule has 1 amide bonds. The fourth-order valence-electron chi connectivity index (χ4n) is 2.96. The predicted molar refractivity (Wildman–Crippen MR) is 112 cm³/mol. The highest BCUT2D eigenvalue weighted by atomic mass is 32.2. The second kappa shape index (κ2) is 8.86. The number of aromatic nitrogens is 2. The molecule has 0 bridgehead atoms. The van der Waals surface area contributed by atoms with Crippen molar-refractivity contribution < 1.29 is 4.79 Å². The highest BCUT2D eigenvalue weighted by molar-refractivity contribution is 7.98. The maximum atomic E-state index is 12.9. The van der Waals surface area contributed by atoms with E-state index in [2.05, 4.69) is 17.3 Å². The van der Waals surface area contributed by atoms with Crippen LogP contribution in [0.25, 0.3) is 10.8 Å². The predicted octanol–water partition coefficient (Wildman–Crippen LogP) is 4.56. The number of aryl methyl sites for hydroxylation is 1. The first kappa shape index (κ1) is 19.2. The first-order chi connectivity index (χ1) is 13.1. The van der Waals surface area contributed by atoms with E-state index in [0.717, 1.165) is 24.2 Å². The Morgan fingerprint density at radius 1 is 1.11 bits per heavy atom. The van der Waals surface area contributed by atoms with Crippen LogP contribution in [-0.2, 0) is 6.54 Å². The molecule has 0 radical (unpaired) electrons. The third-order valence-electron chi connectivity index (χ3n) is 4.38. The molecule has 140 valence electrons. The first-order valence-corrected chi connectivity index (χ1v) is 10.3. The van der Waals surface area contributed by atoms with Crippen molar-refractivity contribution in [2.45, 2.75) is 37.6 Å². The van der Waals surface area contributed by atoms with E-state index in [4.69, 9.17) is 0 Å². The molecule has 1 aromatic heterocycles. The van der Waals surface area contributed by atoms with Gasteiger partial charge < -0.3 is 5.32 Å². The Balaban J connectivity index is 1.99. The van der Waals surface area contributed by atoms with Crippen LogP contribution in [0.3, 0.4) is 0 Å². The lowest BCUT2D eigenvalue weighted by Gasteiger charge is -2.11. The Morgan fingerprint density at radius 3 is 2.63 bits per heavy atom. The van der Waals surface area contributed by atoms with Gasteiger partial charge in [0.2, 0.25) is 0 Å². The lowest BCUT2D eigenvalue weighted by atomic mass is 10.1. The van der Waals surface area contributed by atoms with Gasteiger partial charge in [0.05, 0.1) is 5.39 Å². The number of nitrogens with one attached hydrogen (secondary N) is 1. The standard InChI is InChI=1S/C21H23N3O2S/c1-3-4-7-13-24-21(26)18-12-6-5-11-17(18)19(23-24)20(25)22-15-9-8-10-16(14-15)27-2/h5-6,8-12,14H,3-4,7,13H2,1-2H3,(H,22,25). The molecule has 0 aliphatic heterocycles. The molecule has 6 heteroatoms. The van der Waals surface area contributed by atoms with Gasteiger partial charge in [-0.15, -0.1) is 11.8 Å². The zero-order chi connectivity index (χ0) is 19.2. The van der Waals surface area contributed by atoms with E-state index in [-0.39, 0.29) is 17.2 Å². The molecule has 0 fully saturated rings. The van der Waals surface area contributed by atoms with E-state index in [0.29, 0.717) is 23.0 Å². The van der Waals surface area contributed by atoms with Crippen molar-refractivity contribution in [2.24, 2.45) is 0 Å². The lowest BCUT2D eigenvalue weighted by Crippen LogP contribution is -2.27. The van der Waals surface area contributed by atoms with Crippen LogP contribution in [0.15, 0.2) is 58.2 Å². The van der Waals surface area contributed by atoms with Gasteiger partial charge in [-0.2, -0.15) is 5.10 Å². The molecule has 2 aromatic carbocycles. The molecule has 5 nitrogen and oxygen atoms in total. The number of amides is 1. The van der Waals surface area contributed by atoms with Crippen LogP contribution < -0.4 is 10.9 Å². The van der Waals surface area contributed by atoms with Gasteiger partial charge in [0.25, 0.3) is 11.5 Å². The van der Waals surface area contributed by atoms with Crippen LogP contribution in [0.4, 0.5) is 5.69 Å². The molecular weight excluding hydrogens is 358 g/mol. The molecule has 0 atom stereocenters. The maximum absolute atomic E-state index is 12.9. The van der Waals surface area contributed by atoms with Gasteiger partial charge in [-0.05, 0) is 36.9 Å². The minimum Gasteiger partial charge on any atom is -0.321 e. The summed E-state index contributed by atoms with van der Waals surface area (Å²) >= 11 is 1.61. The summed E-state index contributed by atoms with van der Waals surface area (Å²) in [7, 11) is 0. The first-order valence-electron chi connectivity index (χ1n) is 9.09. The van der Waals surface area contributed by atoms with Gasteiger partial charge in [-0.1, -0.05) is 44.0 Å². The van der Waals surface area contributed by atoms with E-state index < -0.39 is 0 Å². The van der Waals surface area contributed by atoms with Crippen LogP contribution in [0.1, 0.15) is 36.7 Å². The van der Waals surface area contributed by atoms with Crippen molar-refractivity contribution >= 4 is 34.1 Å². The summed E-state index contributed by atoms with van der Waals surface area (Å²) in [6.07, 6.45) is 4.92. The van der Waals surface area contributed by atoms with Gasteiger partial charge >= 0.3 is 0 Å². The summed E-state index contributed by atoms with van der Waals surface area (Å²) in [4.78, 5) is 26.7. The minimum atomic E-state index is -0.311. The SMILES string of the molecule is CCCCCn1nc(C(=O)Nc2cccc(SC)c2)c2ccccc2c1=O. The quantitative estimate of drug-likeness (QED) is 0.481. The van der Waals surface area contributed by atoms with Crippen molar-refractivity contribution in [3.63, 3.8) is 0 Å². The van der Waals surface area contributed by atoms with Crippen molar-refractivity contribution in [1.82, 2.24) is 9.78 Å². The van der Waals surface area contributed by atoms with Crippen LogP contribution in [-0.4, -0.2) is 21.9 Å². The molecule has 0 saturated heterocycles. The molecule has 0 aliphatic carbocycles. The van der Waals surface area contributed by atoms with Gasteiger partial charge in [0, 0.05) is 22.5 Å². The molecule has 27 heavy (non-hydrogen) atoms. The average Bonchev–Trinajstić information content (AvgIpc) is 2.70. The second-order valence-electron chi connectivity index (χ2n) is 6.32. The number of hydrogen-bond acceptors (Lipinski definition) is 4. The smallest absolute Gasteiger partial charge is 0.276 e. The van der Waals surface area contributed by atoms with Crippen LogP contribution in [0, 0.1) is 0 Å². The fraction of sp³-hybridized carbons (Fsp3) is 0.286. The van der Waals surface area contributed by atoms with Crippen molar-refractivity contribution in [1.29, 1.82) is 0 Å². The highest BCUT2D eigenvalue weighted by Gasteiger charge is 2.17. The number of nitrogens with zero attached hydrogens (tertiary/aromatic N) is 2. The number of anilines is 1. The number of unbranched alkanes of at least 4 members (excludes halogenated alkanes) is 2. The zero-order valence-corrected chi connectivity index (χ0v) is 16.4. The van der Waals surface area contributed by atoms with Crippen molar-refractivity contribution in [2.75, 3.05) is 11.6 Å². The minimum absolute atomic E-state index is 0.150. The Labute approximate surface area is 162 Å². The van der Waals surface area contributed by atoms with Crippen molar-refractivity contribution in [3.05, 3.63) is 64.6 Å². The maximum Gasteiger partial charge on any atom is 0.276 e. The summed E-state index contributed by atoms with van der Waals surface area (Å²) in [5, 5.41) is 8.40. The largest absolute Gasteiger partial charge is 0.321 e. The summed E-state index contributed by atoms with van der Waals surface area (Å²) in [5.74, 6) is -0.311. The molecule has 3 rings (SSSR count). The van der Waals surface area contributed by atoms with Crippen LogP contribution in [0.2, 0.25) is 0 Å². The number of fused-ring (bicyclic) bond motifs is 1. The average molecular weight is 382 g/mol. The summed E-state index contributed by atoms with van der Waals surface area (Å²) in [6, 6.07) is 14.8. The highest BCUT2D eigenvalue weighted by Crippen LogP contribution is 2.20. The summed E-state index contributed by atoms with van der Waals surface area (Å²) in [6.45, 7) is 2.62. The number of benzene rings is 2. The molecule has 0 spiro atoms. The third-order valence-corrected chi connectivity index (χ3v) is 5.11. The number of carbonyl (C=O) groups excluding carboxylic acids is 1. The molecule has 0 saturated carbocycles. The van der Waals surface area contributed by atoms with Gasteiger partial charge in [-0.25, -0.2) is 4.68 Å². The van der Waals surface area contributed by atoms with E-state index >= 15 is 0 Å². The third kappa shape index (κ3) is 4.39. The lowest BCUT2D eigenvalue weighted by molar-refractivity contribution is 0.102. The second-order valence-corrected chi connectivity index (χ2v) is 7.20. The number of thioether (sulfide) groups is 1. The Bertz CT molecular complexity index is 1010. The molecular formula is C21H23N3O2S. The molecule has 3 aromatic rings. The van der Waals surface area contributed by atoms with E-state index in [1.54, 1.807) is 23.9 Å². The van der Waals surface area contributed by atoms with E-state index in [1.165, 1.54) is 4.68 Å². The van der Waals surface area contributed by atoms with E-state index in [9.17, 15) is 9.59 Å². The Hall–Kier alpha value is -2.60. The number of hydrogen-bond donors (Lipinski definition) is 1. The zero-order valence-electron chi connectivity index (χ0n) is 15.6. The monoisotopic (exact) mass is 381 g/mol. The molecule has 0 aliphatic rings. The molecule has 1 heterocycles. The van der Waals surface area contributed by atoms with Crippen molar-refractivity contribution in [3.8, 4) is 0 Å². The Morgan fingerprint density at radius 2 is 1.89 bits per heavy atom. The summed E-state index contributed by atoms with van der Waals surface area (Å²) in [5.41, 5.74) is 0.834. The van der Waals surface area contributed by atoms with Crippen LogP contribution >= 0.6 is 11.8 Å². The van der Waals surface area contributed by atoms with Gasteiger partial charge in [-0.3, -0.25) is 9.59 Å².